The topological polar surface area (TPSA) is 36.3 Å². The summed E-state index contributed by atoms with van der Waals surface area (Å²) in [6, 6.07) is 6.04. The molecule has 1 unspecified atom stereocenters. The minimum Gasteiger partial charge on any atom is -0.494 e. The number of benzene rings is 1. The van der Waals surface area contributed by atoms with Gasteiger partial charge in [-0.25, -0.2) is 4.98 Å². The van der Waals surface area contributed by atoms with Crippen LogP contribution in [0.2, 0.25) is 0 Å². The number of rotatable bonds is 4. The molecule has 1 aromatic carbocycles. The molecule has 0 aliphatic carbocycles. The van der Waals surface area contributed by atoms with Crippen molar-refractivity contribution in [2.24, 2.45) is 5.92 Å². The smallest absolute Gasteiger partial charge is 0.146 e. The summed E-state index contributed by atoms with van der Waals surface area (Å²) in [5.41, 5.74) is 2.00. The van der Waals surface area contributed by atoms with Crippen molar-refractivity contribution >= 4 is 22.6 Å². The van der Waals surface area contributed by atoms with Gasteiger partial charge in [0.05, 0.1) is 18.0 Å². The number of imidazole rings is 1. The van der Waals surface area contributed by atoms with Crippen molar-refractivity contribution in [3.05, 3.63) is 24.0 Å². The van der Waals surface area contributed by atoms with Gasteiger partial charge >= 0.3 is 0 Å². The lowest BCUT2D eigenvalue weighted by molar-refractivity contribution is 0.0613. The zero-order valence-corrected chi connectivity index (χ0v) is 13.3. The molecule has 2 aromatic rings. The van der Waals surface area contributed by atoms with Crippen LogP contribution >= 0.6 is 11.6 Å². The van der Waals surface area contributed by atoms with E-state index in [-0.39, 0.29) is 5.38 Å². The van der Waals surface area contributed by atoms with Gasteiger partial charge < -0.3 is 14.0 Å². The third kappa shape index (κ3) is 2.87. The Morgan fingerprint density at radius 1 is 1.43 bits per heavy atom. The first kappa shape index (κ1) is 14.7. The maximum absolute atomic E-state index is 6.34. The van der Waals surface area contributed by atoms with Gasteiger partial charge in [0.2, 0.25) is 0 Å². The molecule has 5 heteroatoms. The zero-order chi connectivity index (χ0) is 14.8. The van der Waals surface area contributed by atoms with E-state index in [2.05, 4.69) is 10.6 Å². The van der Waals surface area contributed by atoms with Gasteiger partial charge in [-0.05, 0) is 37.8 Å². The molecule has 1 aliphatic heterocycles. The van der Waals surface area contributed by atoms with E-state index in [0.29, 0.717) is 5.92 Å². The van der Waals surface area contributed by atoms with Crippen LogP contribution in [0.25, 0.3) is 11.0 Å². The molecule has 0 bridgehead atoms. The van der Waals surface area contributed by atoms with Crippen molar-refractivity contribution in [1.29, 1.82) is 0 Å². The highest BCUT2D eigenvalue weighted by atomic mass is 35.5. The third-order valence-electron chi connectivity index (χ3n) is 4.13. The molecule has 2 heterocycles. The third-order valence-corrected chi connectivity index (χ3v) is 4.32. The quantitative estimate of drug-likeness (QED) is 0.807. The normalized spacial score (nSPS) is 18.0. The van der Waals surface area contributed by atoms with Gasteiger partial charge in [0.1, 0.15) is 17.1 Å². The van der Waals surface area contributed by atoms with Gasteiger partial charge in [-0.15, -0.1) is 11.6 Å². The summed E-state index contributed by atoms with van der Waals surface area (Å²) < 4.78 is 13.1. The van der Waals surface area contributed by atoms with Crippen LogP contribution in [0.5, 0.6) is 5.75 Å². The van der Waals surface area contributed by atoms with Gasteiger partial charge in [0.25, 0.3) is 0 Å². The lowest BCUT2D eigenvalue weighted by Gasteiger charge is -2.23. The second-order valence-corrected chi connectivity index (χ2v) is 6.24. The highest BCUT2D eigenvalue weighted by Crippen LogP contribution is 2.31. The van der Waals surface area contributed by atoms with Crippen LogP contribution < -0.4 is 4.74 Å². The Labute approximate surface area is 130 Å². The molecule has 1 fully saturated rings. The molecule has 1 saturated heterocycles. The minimum absolute atomic E-state index is 0.123. The molecular weight excluding hydrogens is 288 g/mol. The van der Waals surface area contributed by atoms with E-state index < -0.39 is 0 Å². The number of nitrogens with zero attached hydrogens (tertiary/aromatic N) is 2. The fraction of sp³-hybridized carbons (Fsp3) is 0.562. The van der Waals surface area contributed by atoms with Crippen LogP contribution in [0.4, 0.5) is 0 Å². The molecule has 4 nitrogen and oxygen atoms in total. The molecule has 3 rings (SSSR count). The molecule has 1 aromatic heterocycles. The van der Waals surface area contributed by atoms with Crippen LogP contribution in [0.1, 0.15) is 31.0 Å². The van der Waals surface area contributed by atoms with Crippen molar-refractivity contribution in [3.8, 4) is 5.75 Å². The number of hydrogen-bond donors (Lipinski definition) is 0. The molecule has 0 spiro atoms. The Morgan fingerprint density at radius 2 is 2.19 bits per heavy atom. The second-order valence-electron chi connectivity index (χ2n) is 5.58. The zero-order valence-electron chi connectivity index (χ0n) is 12.5. The summed E-state index contributed by atoms with van der Waals surface area (Å²) in [6.07, 6.45) is 2.19. The number of para-hydroxylation sites is 1. The molecule has 0 saturated carbocycles. The van der Waals surface area contributed by atoms with Crippen LogP contribution in [0, 0.1) is 5.92 Å². The molecule has 0 N–H and O–H groups in total. The van der Waals surface area contributed by atoms with E-state index in [1.54, 1.807) is 7.11 Å². The monoisotopic (exact) mass is 308 g/mol. The standard InChI is InChI=1S/C16H21ClN2O2/c1-11(17)16-18-15-13(4-3-5-14(15)20-2)19(16)10-12-6-8-21-9-7-12/h3-5,11-12H,6-10H2,1-2H3. The average Bonchev–Trinajstić information content (AvgIpc) is 2.87. The van der Waals surface area contributed by atoms with Gasteiger partial charge in [-0.2, -0.15) is 0 Å². The molecular formula is C16H21ClN2O2. The summed E-state index contributed by atoms with van der Waals surface area (Å²) in [6.45, 7) is 4.62. The number of alkyl halides is 1. The Balaban J connectivity index is 2.03. The highest BCUT2D eigenvalue weighted by Gasteiger charge is 2.21. The summed E-state index contributed by atoms with van der Waals surface area (Å²) in [4.78, 5) is 4.72. The van der Waals surface area contributed by atoms with Crippen molar-refractivity contribution < 1.29 is 9.47 Å². The maximum atomic E-state index is 6.34. The Bertz CT molecular complexity index is 618. The van der Waals surface area contributed by atoms with Crippen molar-refractivity contribution in [2.75, 3.05) is 20.3 Å². The largest absolute Gasteiger partial charge is 0.494 e. The molecule has 1 aliphatic rings. The average molecular weight is 309 g/mol. The first-order valence-corrected chi connectivity index (χ1v) is 7.89. The van der Waals surface area contributed by atoms with Gasteiger partial charge in [0, 0.05) is 19.8 Å². The first-order chi connectivity index (χ1) is 10.2. The molecule has 1 atom stereocenters. The Morgan fingerprint density at radius 3 is 2.86 bits per heavy atom. The van der Waals surface area contributed by atoms with Crippen molar-refractivity contribution in [2.45, 2.75) is 31.7 Å². The van der Waals surface area contributed by atoms with Gasteiger partial charge in [0.15, 0.2) is 0 Å². The van der Waals surface area contributed by atoms with Crippen LogP contribution in [0.3, 0.4) is 0 Å². The van der Waals surface area contributed by atoms with Crippen LogP contribution in [-0.2, 0) is 11.3 Å². The summed E-state index contributed by atoms with van der Waals surface area (Å²) in [7, 11) is 1.68. The van der Waals surface area contributed by atoms with E-state index in [0.717, 1.165) is 55.2 Å². The molecule has 0 amide bonds. The SMILES string of the molecule is COc1cccc2c1nc(C(C)Cl)n2CC1CCOCC1. The Hall–Kier alpha value is -1.26. The lowest BCUT2D eigenvalue weighted by atomic mass is 10.0. The fourth-order valence-corrected chi connectivity index (χ4v) is 3.15. The maximum Gasteiger partial charge on any atom is 0.146 e. The Kier molecular flexibility index (Phi) is 4.36. The number of halogens is 1. The van der Waals surface area contributed by atoms with Crippen molar-refractivity contribution in [3.63, 3.8) is 0 Å². The van der Waals surface area contributed by atoms with Crippen molar-refractivity contribution in [1.82, 2.24) is 9.55 Å². The number of methoxy groups -OCH3 is 1. The predicted molar refractivity (Wildman–Crippen MR) is 84.1 cm³/mol. The van der Waals surface area contributed by atoms with Crippen LogP contribution in [0.15, 0.2) is 18.2 Å². The van der Waals surface area contributed by atoms with E-state index in [9.17, 15) is 0 Å². The predicted octanol–water partition coefficient (Wildman–Crippen LogP) is 3.77. The lowest BCUT2D eigenvalue weighted by Crippen LogP contribution is -2.21. The van der Waals surface area contributed by atoms with Gasteiger partial charge in [-0.1, -0.05) is 6.07 Å². The highest BCUT2D eigenvalue weighted by molar-refractivity contribution is 6.20. The van der Waals surface area contributed by atoms with E-state index >= 15 is 0 Å². The summed E-state index contributed by atoms with van der Waals surface area (Å²) >= 11 is 6.34. The minimum atomic E-state index is -0.123. The first-order valence-electron chi connectivity index (χ1n) is 7.45. The number of fused-ring (bicyclic) bond motifs is 1. The van der Waals surface area contributed by atoms with Gasteiger partial charge in [-0.3, -0.25) is 0 Å². The van der Waals surface area contributed by atoms with Crippen LogP contribution in [-0.4, -0.2) is 29.9 Å². The van der Waals surface area contributed by atoms with E-state index in [1.165, 1.54) is 0 Å². The number of aromatic nitrogens is 2. The van der Waals surface area contributed by atoms with E-state index in [1.807, 2.05) is 19.1 Å². The number of hydrogen-bond acceptors (Lipinski definition) is 3. The molecule has 21 heavy (non-hydrogen) atoms. The molecule has 114 valence electrons. The second kappa shape index (κ2) is 6.24. The number of ether oxygens (including phenoxy) is 2. The van der Waals surface area contributed by atoms with E-state index in [4.69, 9.17) is 26.1 Å². The summed E-state index contributed by atoms with van der Waals surface area (Å²) in [5, 5.41) is -0.123. The molecule has 0 radical (unpaired) electrons. The summed E-state index contributed by atoms with van der Waals surface area (Å²) in [5.74, 6) is 2.34. The fourth-order valence-electron chi connectivity index (χ4n) is 2.99.